The van der Waals surface area contributed by atoms with Crippen molar-refractivity contribution < 1.29 is 8.78 Å². The molecule has 1 fully saturated rings. The van der Waals surface area contributed by atoms with E-state index < -0.39 is 11.9 Å². The number of benzene rings is 1. The summed E-state index contributed by atoms with van der Waals surface area (Å²) >= 11 is 1.15. The van der Waals surface area contributed by atoms with Gasteiger partial charge in [-0.1, -0.05) is 13.0 Å². The second-order valence-electron chi connectivity index (χ2n) is 6.96. The third-order valence-electron chi connectivity index (χ3n) is 5.27. The van der Waals surface area contributed by atoms with Crippen LogP contribution in [0.5, 0.6) is 0 Å². The molecule has 0 unspecified atom stereocenters. The Kier molecular flexibility index (Phi) is 3.74. The van der Waals surface area contributed by atoms with Gasteiger partial charge in [-0.15, -0.1) is 0 Å². The molecule has 1 N–H and O–H groups in total. The topological polar surface area (TPSA) is 67.8 Å². The molecule has 5 nitrogen and oxygen atoms in total. The van der Waals surface area contributed by atoms with Gasteiger partial charge in [-0.3, -0.25) is 14.0 Å². The Morgan fingerprint density at radius 3 is 2.61 bits per heavy atom. The molecule has 1 aromatic carbocycles. The van der Waals surface area contributed by atoms with Gasteiger partial charge in [-0.05, 0) is 60.1 Å². The fraction of sp³-hybridized carbons (Fsp3) is 0.250. The first-order chi connectivity index (χ1) is 13.5. The number of aromatic nitrogens is 3. The highest BCUT2D eigenvalue weighted by Gasteiger charge is 2.30. The van der Waals surface area contributed by atoms with Crippen molar-refractivity contribution >= 4 is 32.7 Å². The number of fused-ring (bicyclic) bond motifs is 2. The van der Waals surface area contributed by atoms with Gasteiger partial charge >= 0.3 is 0 Å². The van der Waals surface area contributed by atoms with Crippen LogP contribution in [0.3, 0.4) is 0 Å². The van der Waals surface area contributed by atoms with E-state index in [9.17, 15) is 18.4 Å². The number of aromatic amines is 1. The first kappa shape index (κ1) is 17.2. The quantitative estimate of drug-likeness (QED) is 0.527. The summed E-state index contributed by atoms with van der Waals surface area (Å²) in [6, 6.07) is 5.98. The normalized spacial score (nSPS) is 14.2. The molecule has 0 bridgehead atoms. The van der Waals surface area contributed by atoms with Crippen LogP contribution in [-0.2, 0) is 6.42 Å². The lowest BCUT2D eigenvalue weighted by Crippen LogP contribution is -2.16. The van der Waals surface area contributed by atoms with Gasteiger partial charge in [0.15, 0.2) is 0 Å². The minimum Gasteiger partial charge on any atom is -0.327 e. The molecule has 4 aromatic rings. The van der Waals surface area contributed by atoms with Crippen molar-refractivity contribution in [2.75, 3.05) is 0 Å². The highest BCUT2D eigenvalue weighted by Crippen LogP contribution is 2.42. The maximum Gasteiger partial charge on any atom is 0.271 e. The van der Waals surface area contributed by atoms with Crippen LogP contribution >= 0.6 is 11.5 Å². The van der Waals surface area contributed by atoms with Gasteiger partial charge in [0.1, 0.15) is 10.2 Å². The summed E-state index contributed by atoms with van der Waals surface area (Å²) in [5.41, 5.74) is 1.59. The first-order valence-corrected chi connectivity index (χ1v) is 9.86. The fourth-order valence-electron chi connectivity index (χ4n) is 3.90. The van der Waals surface area contributed by atoms with Gasteiger partial charge in [-0.25, -0.2) is 0 Å². The van der Waals surface area contributed by atoms with E-state index in [0.29, 0.717) is 22.2 Å². The number of aryl methyl sites for hydroxylation is 1. The van der Waals surface area contributed by atoms with E-state index in [1.54, 1.807) is 12.1 Å². The maximum atomic E-state index is 14.4. The van der Waals surface area contributed by atoms with E-state index in [1.165, 1.54) is 6.07 Å². The van der Waals surface area contributed by atoms with E-state index in [4.69, 9.17) is 0 Å². The van der Waals surface area contributed by atoms with Crippen molar-refractivity contribution in [1.82, 2.24) is 13.9 Å². The SMILES string of the molecule is CCc1c(-c2ccc(F)nc2F)ccc2c(=O)c3c(=O)[nH]sc3n(C3CC3)c12. The molecule has 3 heterocycles. The molecule has 0 atom stereocenters. The average molecular weight is 399 g/mol. The standard InChI is InChI=1S/C20H15F2N3O2S/c1-2-10-11(12-7-8-14(21)23-18(12)22)5-6-13-16(10)25(9-3-4-9)20-15(17(13)26)19(27)24-28-20/h5-9H,2-4H2,1H3,(H,24,27). The summed E-state index contributed by atoms with van der Waals surface area (Å²) in [6.45, 7) is 1.93. The summed E-state index contributed by atoms with van der Waals surface area (Å²) in [5.74, 6) is -1.77. The highest BCUT2D eigenvalue weighted by molar-refractivity contribution is 7.12. The van der Waals surface area contributed by atoms with E-state index in [-0.39, 0.29) is 28.0 Å². The second kappa shape index (κ2) is 6.07. The summed E-state index contributed by atoms with van der Waals surface area (Å²) in [7, 11) is 0. The number of H-pyrrole nitrogens is 1. The molecular weight excluding hydrogens is 384 g/mol. The largest absolute Gasteiger partial charge is 0.327 e. The van der Waals surface area contributed by atoms with Crippen molar-refractivity contribution in [3.63, 3.8) is 0 Å². The molecule has 0 aliphatic heterocycles. The fourth-order valence-corrected chi connectivity index (χ4v) is 4.82. The van der Waals surface area contributed by atoms with Crippen molar-refractivity contribution in [1.29, 1.82) is 0 Å². The Morgan fingerprint density at radius 2 is 1.93 bits per heavy atom. The smallest absolute Gasteiger partial charge is 0.271 e. The Hall–Kier alpha value is -2.87. The number of nitrogens with one attached hydrogen (secondary N) is 1. The molecule has 0 spiro atoms. The zero-order chi connectivity index (χ0) is 19.6. The molecule has 0 saturated heterocycles. The number of rotatable bonds is 3. The predicted octanol–water partition coefficient (Wildman–Crippen LogP) is 4.14. The van der Waals surface area contributed by atoms with Crippen molar-refractivity contribution in [3.05, 3.63) is 62.3 Å². The van der Waals surface area contributed by atoms with E-state index in [0.717, 1.165) is 41.5 Å². The van der Waals surface area contributed by atoms with Gasteiger partial charge in [0.25, 0.3) is 5.56 Å². The molecule has 0 amide bonds. The van der Waals surface area contributed by atoms with Crippen LogP contribution in [0, 0.1) is 11.9 Å². The molecule has 1 aliphatic rings. The predicted molar refractivity (Wildman–Crippen MR) is 105 cm³/mol. The Labute approximate surface area is 161 Å². The van der Waals surface area contributed by atoms with Crippen LogP contribution in [0.15, 0.2) is 33.9 Å². The van der Waals surface area contributed by atoms with Gasteiger partial charge in [0.05, 0.1) is 5.52 Å². The number of hydrogen-bond acceptors (Lipinski definition) is 4. The maximum absolute atomic E-state index is 14.4. The van der Waals surface area contributed by atoms with Crippen LogP contribution in [0.2, 0.25) is 0 Å². The lowest BCUT2D eigenvalue weighted by Gasteiger charge is -2.18. The van der Waals surface area contributed by atoms with Crippen LogP contribution in [0.4, 0.5) is 8.78 Å². The van der Waals surface area contributed by atoms with Gasteiger partial charge < -0.3 is 4.57 Å². The van der Waals surface area contributed by atoms with Crippen molar-refractivity contribution in [2.24, 2.45) is 0 Å². The van der Waals surface area contributed by atoms with Crippen LogP contribution in [-0.4, -0.2) is 13.9 Å². The summed E-state index contributed by atoms with van der Waals surface area (Å²) in [4.78, 5) is 29.2. The number of halogens is 2. The molecule has 5 rings (SSSR count). The minimum absolute atomic E-state index is 0.175. The molecule has 8 heteroatoms. The Bertz CT molecular complexity index is 1380. The van der Waals surface area contributed by atoms with E-state index in [1.807, 2.05) is 11.5 Å². The monoisotopic (exact) mass is 399 g/mol. The number of nitrogens with zero attached hydrogens (tertiary/aromatic N) is 2. The molecular formula is C20H15F2N3O2S. The number of hydrogen-bond donors (Lipinski definition) is 1. The van der Waals surface area contributed by atoms with Crippen LogP contribution in [0.25, 0.3) is 32.2 Å². The van der Waals surface area contributed by atoms with E-state index >= 15 is 0 Å². The van der Waals surface area contributed by atoms with Crippen molar-refractivity contribution in [3.8, 4) is 11.1 Å². The first-order valence-electron chi connectivity index (χ1n) is 9.05. The van der Waals surface area contributed by atoms with Crippen LogP contribution < -0.4 is 11.0 Å². The zero-order valence-corrected chi connectivity index (χ0v) is 15.7. The van der Waals surface area contributed by atoms with Gasteiger partial charge in [0, 0.05) is 17.0 Å². The lowest BCUT2D eigenvalue weighted by molar-refractivity contribution is 0.515. The highest BCUT2D eigenvalue weighted by atomic mass is 32.1. The Balaban J connectivity index is 1.97. The molecule has 1 saturated carbocycles. The summed E-state index contributed by atoms with van der Waals surface area (Å²) < 4.78 is 32.4. The molecule has 1 aliphatic carbocycles. The third kappa shape index (κ3) is 2.37. The third-order valence-corrected chi connectivity index (χ3v) is 6.15. The van der Waals surface area contributed by atoms with Crippen molar-refractivity contribution in [2.45, 2.75) is 32.2 Å². The van der Waals surface area contributed by atoms with Gasteiger partial charge in [-0.2, -0.15) is 13.8 Å². The average Bonchev–Trinajstić information content (AvgIpc) is 3.43. The number of pyridine rings is 2. The van der Waals surface area contributed by atoms with E-state index in [2.05, 4.69) is 9.36 Å². The second-order valence-corrected chi connectivity index (χ2v) is 7.75. The van der Waals surface area contributed by atoms with Gasteiger partial charge in [0.2, 0.25) is 17.3 Å². The lowest BCUT2D eigenvalue weighted by atomic mass is 9.95. The molecule has 0 radical (unpaired) electrons. The summed E-state index contributed by atoms with van der Waals surface area (Å²) in [6.07, 6.45) is 2.46. The molecule has 28 heavy (non-hydrogen) atoms. The molecule has 3 aromatic heterocycles. The zero-order valence-electron chi connectivity index (χ0n) is 14.9. The summed E-state index contributed by atoms with van der Waals surface area (Å²) in [5, 5.41) is 0.619. The minimum atomic E-state index is -0.887. The van der Waals surface area contributed by atoms with Crippen LogP contribution in [0.1, 0.15) is 31.4 Å². The Morgan fingerprint density at radius 1 is 1.18 bits per heavy atom. The molecule has 142 valence electrons.